The van der Waals surface area contributed by atoms with Gasteiger partial charge in [0.2, 0.25) is 0 Å². The van der Waals surface area contributed by atoms with Crippen molar-refractivity contribution in [3.63, 3.8) is 0 Å². The zero-order chi connectivity index (χ0) is 12.3. The van der Waals surface area contributed by atoms with E-state index in [4.69, 9.17) is 5.73 Å². The Balaban J connectivity index is 2.38. The Bertz CT molecular complexity index is 375. The van der Waals surface area contributed by atoms with E-state index in [0.29, 0.717) is 12.5 Å². The topological polar surface area (TPSA) is 38.0 Å². The molecular formula is C15H24N2. The van der Waals surface area contributed by atoms with Gasteiger partial charge in [0, 0.05) is 6.54 Å². The zero-order valence-electron chi connectivity index (χ0n) is 11.0. The highest BCUT2D eigenvalue weighted by atomic mass is 15.0. The lowest BCUT2D eigenvalue weighted by Gasteiger charge is -2.41. The first-order valence-corrected chi connectivity index (χ1v) is 6.78. The largest absolute Gasteiger partial charge is 0.328 e. The summed E-state index contributed by atoms with van der Waals surface area (Å²) < 4.78 is 0. The van der Waals surface area contributed by atoms with Gasteiger partial charge in [-0.25, -0.2) is 0 Å². The van der Waals surface area contributed by atoms with Crippen LogP contribution in [0.1, 0.15) is 50.2 Å². The van der Waals surface area contributed by atoms with E-state index >= 15 is 0 Å². The molecule has 1 aromatic carbocycles. The molecular weight excluding hydrogens is 208 g/mol. The fourth-order valence-corrected chi connectivity index (χ4v) is 2.95. The Labute approximate surface area is 105 Å². The number of nitrogens with two attached hydrogens (primary N) is 1. The van der Waals surface area contributed by atoms with Crippen LogP contribution in [0.4, 0.5) is 0 Å². The Hall–Kier alpha value is -0.860. The summed E-state index contributed by atoms with van der Waals surface area (Å²) in [6, 6.07) is 8.79. The summed E-state index contributed by atoms with van der Waals surface area (Å²) in [6.45, 7) is 6.25. The van der Waals surface area contributed by atoms with Crippen molar-refractivity contribution >= 4 is 0 Å². The average Bonchev–Trinajstić information content (AvgIpc) is 2.39. The first-order valence-electron chi connectivity index (χ1n) is 6.78. The molecule has 0 heterocycles. The Morgan fingerprint density at radius 3 is 2.88 bits per heavy atom. The first-order chi connectivity index (χ1) is 8.23. The number of rotatable bonds is 4. The first kappa shape index (κ1) is 12.6. The quantitative estimate of drug-likeness (QED) is 0.837. The van der Waals surface area contributed by atoms with Crippen LogP contribution in [0.2, 0.25) is 0 Å². The van der Waals surface area contributed by atoms with Crippen LogP contribution in [0.15, 0.2) is 24.3 Å². The lowest BCUT2D eigenvalue weighted by Crippen LogP contribution is -2.51. The predicted octanol–water partition coefficient (Wildman–Crippen LogP) is 2.74. The fraction of sp³-hybridized carbons (Fsp3) is 0.600. The van der Waals surface area contributed by atoms with E-state index in [0.717, 1.165) is 19.4 Å². The number of fused-ring (bicyclic) bond motifs is 1. The van der Waals surface area contributed by atoms with Gasteiger partial charge in [-0.3, -0.25) is 0 Å². The Morgan fingerprint density at radius 1 is 1.41 bits per heavy atom. The predicted molar refractivity (Wildman–Crippen MR) is 73.1 cm³/mol. The molecule has 0 fully saturated rings. The molecule has 1 aliphatic rings. The molecule has 1 aromatic rings. The van der Waals surface area contributed by atoms with Crippen LogP contribution in [-0.4, -0.2) is 13.1 Å². The molecule has 0 saturated carbocycles. The summed E-state index contributed by atoms with van der Waals surface area (Å²) in [7, 11) is 0. The molecule has 0 amide bonds. The molecule has 2 rings (SSSR count). The van der Waals surface area contributed by atoms with Gasteiger partial charge in [-0.1, -0.05) is 38.1 Å². The van der Waals surface area contributed by atoms with Gasteiger partial charge in [0.05, 0.1) is 5.54 Å². The summed E-state index contributed by atoms with van der Waals surface area (Å²) in [6.07, 6.45) is 3.53. The second-order valence-corrected chi connectivity index (χ2v) is 5.24. The van der Waals surface area contributed by atoms with E-state index in [1.807, 2.05) is 0 Å². The fourth-order valence-electron chi connectivity index (χ4n) is 2.95. The zero-order valence-corrected chi connectivity index (χ0v) is 11.0. The van der Waals surface area contributed by atoms with E-state index in [-0.39, 0.29) is 5.54 Å². The monoisotopic (exact) mass is 232 g/mol. The molecule has 94 valence electrons. The van der Waals surface area contributed by atoms with Crippen LogP contribution in [0, 0.1) is 0 Å². The van der Waals surface area contributed by atoms with Crippen LogP contribution in [0.25, 0.3) is 0 Å². The molecule has 0 radical (unpaired) electrons. The number of hydrogen-bond donors (Lipinski definition) is 2. The SMILES string of the molecule is CCCNC1(CN)CCC(C)c2ccccc21. The minimum Gasteiger partial charge on any atom is -0.328 e. The number of benzene rings is 1. The second kappa shape index (κ2) is 5.19. The molecule has 0 bridgehead atoms. The minimum absolute atomic E-state index is 0.0130. The van der Waals surface area contributed by atoms with Crippen molar-refractivity contribution in [2.45, 2.75) is 44.6 Å². The van der Waals surface area contributed by atoms with Gasteiger partial charge in [0.25, 0.3) is 0 Å². The van der Waals surface area contributed by atoms with Crippen LogP contribution in [0.5, 0.6) is 0 Å². The van der Waals surface area contributed by atoms with Gasteiger partial charge < -0.3 is 11.1 Å². The molecule has 0 saturated heterocycles. The van der Waals surface area contributed by atoms with Gasteiger partial charge in [0.15, 0.2) is 0 Å². The molecule has 1 aliphatic carbocycles. The van der Waals surface area contributed by atoms with Crippen LogP contribution >= 0.6 is 0 Å². The van der Waals surface area contributed by atoms with Crippen molar-refractivity contribution in [1.29, 1.82) is 0 Å². The van der Waals surface area contributed by atoms with Crippen LogP contribution in [-0.2, 0) is 5.54 Å². The van der Waals surface area contributed by atoms with E-state index in [1.165, 1.54) is 17.5 Å². The lowest BCUT2D eigenvalue weighted by molar-refractivity contribution is 0.281. The van der Waals surface area contributed by atoms with Gasteiger partial charge >= 0.3 is 0 Å². The maximum absolute atomic E-state index is 6.08. The lowest BCUT2D eigenvalue weighted by atomic mass is 9.72. The van der Waals surface area contributed by atoms with Crippen molar-refractivity contribution in [3.8, 4) is 0 Å². The Morgan fingerprint density at radius 2 is 2.18 bits per heavy atom. The highest BCUT2D eigenvalue weighted by Gasteiger charge is 2.36. The third kappa shape index (κ3) is 2.24. The maximum Gasteiger partial charge on any atom is 0.0561 e. The molecule has 0 spiro atoms. The normalized spacial score (nSPS) is 27.8. The van der Waals surface area contributed by atoms with Crippen LogP contribution in [0.3, 0.4) is 0 Å². The maximum atomic E-state index is 6.08. The molecule has 2 heteroatoms. The smallest absolute Gasteiger partial charge is 0.0561 e. The van der Waals surface area contributed by atoms with Gasteiger partial charge in [-0.2, -0.15) is 0 Å². The second-order valence-electron chi connectivity index (χ2n) is 5.24. The van der Waals surface area contributed by atoms with E-state index in [2.05, 4.69) is 43.4 Å². The summed E-state index contributed by atoms with van der Waals surface area (Å²) in [5.41, 5.74) is 8.99. The minimum atomic E-state index is 0.0130. The van der Waals surface area contributed by atoms with Crippen LogP contribution < -0.4 is 11.1 Å². The molecule has 17 heavy (non-hydrogen) atoms. The molecule has 2 unspecified atom stereocenters. The van der Waals surface area contributed by atoms with Crippen molar-refractivity contribution in [1.82, 2.24) is 5.32 Å². The van der Waals surface area contributed by atoms with Gasteiger partial charge in [-0.15, -0.1) is 0 Å². The van der Waals surface area contributed by atoms with Crippen molar-refractivity contribution in [3.05, 3.63) is 35.4 Å². The third-order valence-electron chi connectivity index (χ3n) is 4.07. The highest BCUT2D eigenvalue weighted by molar-refractivity contribution is 5.39. The van der Waals surface area contributed by atoms with Crippen molar-refractivity contribution < 1.29 is 0 Å². The summed E-state index contributed by atoms with van der Waals surface area (Å²) in [5, 5.41) is 3.69. The Kier molecular flexibility index (Phi) is 3.85. The molecule has 0 aliphatic heterocycles. The standard InChI is InChI=1S/C15H24N2/c1-3-10-17-15(11-16)9-8-12(2)13-6-4-5-7-14(13)15/h4-7,12,17H,3,8-11,16H2,1-2H3. The molecule has 3 N–H and O–H groups in total. The highest BCUT2D eigenvalue weighted by Crippen LogP contribution is 2.40. The van der Waals surface area contributed by atoms with Gasteiger partial charge in [-0.05, 0) is 42.9 Å². The molecule has 0 aromatic heterocycles. The van der Waals surface area contributed by atoms with Crippen molar-refractivity contribution in [2.75, 3.05) is 13.1 Å². The average molecular weight is 232 g/mol. The van der Waals surface area contributed by atoms with E-state index in [1.54, 1.807) is 0 Å². The summed E-state index contributed by atoms with van der Waals surface area (Å²) in [4.78, 5) is 0. The summed E-state index contributed by atoms with van der Waals surface area (Å²) >= 11 is 0. The number of nitrogens with one attached hydrogen (secondary N) is 1. The van der Waals surface area contributed by atoms with Gasteiger partial charge in [0.1, 0.15) is 0 Å². The number of hydrogen-bond acceptors (Lipinski definition) is 2. The third-order valence-corrected chi connectivity index (χ3v) is 4.07. The van der Waals surface area contributed by atoms with Crippen molar-refractivity contribution in [2.24, 2.45) is 5.73 Å². The summed E-state index contributed by atoms with van der Waals surface area (Å²) in [5.74, 6) is 0.661. The van der Waals surface area contributed by atoms with E-state index in [9.17, 15) is 0 Å². The molecule has 2 nitrogen and oxygen atoms in total. The molecule has 2 atom stereocenters. The van der Waals surface area contributed by atoms with E-state index < -0.39 is 0 Å².